The number of carbonyl (C=O) groups excluding carboxylic acids is 2. The van der Waals surface area contributed by atoms with Crippen LogP contribution in [0, 0.1) is 0 Å². The van der Waals surface area contributed by atoms with E-state index in [1.807, 2.05) is 6.26 Å². The molecule has 1 saturated heterocycles. The van der Waals surface area contributed by atoms with Crippen LogP contribution >= 0.6 is 35.8 Å². The van der Waals surface area contributed by atoms with E-state index in [2.05, 4.69) is 16.0 Å². The Kier molecular flexibility index (Phi) is 10.3. The molecule has 2 amide bonds. The molecule has 1 aliphatic rings. The van der Waals surface area contributed by atoms with Gasteiger partial charge in [-0.05, 0) is 49.9 Å². The Labute approximate surface area is 164 Å². The molecule has 0 spiro atoms. The van der Waals surface area contributed by atoms with Crippen molar-refractivity contribution in [2.75, 3.05) is 25.1 Å². The van der Waals surface area contributed by atoms with Crippen LogP contribution in [0.3, 0.4) is 0 Å². The summed E-state index contributed by atoms with van der Waals surface area (Å²) < 4.78 is 0. The van der Waals surface area contributed by atoms with Crippen LogP contribution in [-0.2, 0) is 4.79 Å². The molecule has 0 saturated carbocycles. The Morgan fingerprint density at radius 2 is 2.16 bits per heavy atom. The topological polar surface area (TPSA) is 70.2 Å². The molecule has 0 aromatic heterocycles. The van der Waals surface area contributed by atoms with Gasteiger partial charge in [0.15, 0.2) is 0 Å². The number of carbonyl (C=O) groups is 2. The standard InChI is InChI=1S/C17H24ClN3O2S.ClH/c1-24-10-8-15(17(23)20-11-12-5-4-9-19-12)21-16(22)13-6-2-3-7-14(13)18;/h2-3,6-7,12,15,19H,4-5,8-11H2,1H3,(H,20,23)(H,21,22);1H. The summed E-state index contributed by atoms with van der Waals surface area (Å²) in [6, 6.07) is 6.62. The summed E-state index contributed by atoms with van der Waals surface area (Å²) >= 11 is 7.71. The summed E-state index contributed by atoms with van der Waals surface area (Å²) in [5.41, 5.74) is 0.388. The van der Waals surface area contributed by atoms with E-state index < -0.39 is 6.04 Å². The highest BCUT2D eigenvalue weighted by molar-refractivity contribution is 7.98. The molecule has 1 heterocycles. The van der Waals surface area contributed by atoms with E-state index in [1.54, 1.807) is 36.0 Å². The molecule has 1 aromatic carbocycles. The Morgan fingerprint density at radius 1 is 1.40 bits per heavy atom. The molecule has 2 unspecified atom stereocenters. The minimum absolute atomic E-state index is 0. The van der Waals surface area contributed by atoms with Gasteiger partial charge in [0.2, 0.25) is 5.91 Å². The number of nitrogens with one attached hydrogen (secondary N) is 3. The Bertz CT molecular complexity index is 569. The molecule has 2 rings (SSSR count). The summed E-state index contributed by atoms with van der Waals surface area (Å²) in [6.07, 6.45) is 4.77. The van der Waals surface area contributed by atoms with Gasteiger partial charge in [0.1, 0.15) is 6.04 Å². The number of hydrogen-bond acceptors (Lipinski definition) is 4. The molecule has 1 fully saturated rings. The zero-order valence-corrected chi connectivity index (χ0v) is 16.6. The molecule has 5 nitrogen and oxygen atoms in total. The maximum atomic E-state index is 12.5. The van der Waals surface area contributed by atoms with Gasteiger partial charge in [0, 0.05) is 12.6 Å². The van der Waals surface area contributed by atoms with Crippen LogP contribution in [0.1, 0.15) is 29.6 Å². The minimum atomic E-state index is -0.553. The fraction of sp³-hybridized carbons (Fsp3) is 0.529. The number of amides is 2. The molecule has 0 bridgehead atoms. The highest BCUT2D eigenvalue weighted by Gasteiger charge is 2.23. The van der Waals surface area contributed by atoms with Crippen LogP contribution in [0.15, 0.2) is 24.3 Å². The molecule has 2 atom stereocenters. The van der Waals surface area contributed by atoms with Gasteiger partial charge in [-0.15, -0.1) is 12.4 Å². The van der Waals surface area contributed by atoms with Crippen LogP contribution < -0.4 is 16.0 Å². The van der Waals surface area contributed by atoms with Crippen molar-refractivity contribution in [3.05, 3.63) is 34.9 Å². The number of halogens is 2. The van der Waals surface area contributed by atoms with Gasteiger partial charge in [-0.25, -0.2) is 0 Å². The number of rotatable bonds is 8. The van der Waals surface area contributed by atoms with Gasteiger partial charge in [-0.2, -0.15) is 11.8 Å². The zero-order chi connectivity index (χ0) is 17.4. The summed E-state index contributed by atoms with van der Waals surface area (Å²) in [7, 11) is 0. The highest BCUT2D eigenvalue weighted by atomic mass is 35.5. The Morgan fingerprint density at radius 3 is 2.80 bits per heavy atom. The zero-order valence-electron chi connectivity index (χ0n) is 14.2. The van der Waals surface area contributed by atoms with Crippen LogP contribution in [-0.4, -0.2) is 49.0 Å². The van der Waals surface area contributed by atoms with E-state index in [-0.39, 0.29) is 24.2 Å². The second-order valence-corrected chi connectivity index (χ2v) is 7.22. The number of hydrogen-bond donors (Lipinski definition) is 3. The quantitative estimate of drug-likeness (QED) is 0.621. The Hall–Kier alpha value is -0.950. The lowest BCUT2D eigenvalue weighted by Crippen LogP contribution is -2.49. The molecule has 1 aromatic rings. The van der Waals surface area contributed by atoms with E-state index in [1.165, 1.54) is 0 Å². The molecule has 25 heavy (non-hydrogen) atoms. The fourth-order valence-corrected chi connectivity index (χ4v) is 3.36. The molecule has 3 N–H and O–H groups in total. The van der Waals surface area contributed by atoms with Crippen molar-refractivity contribution in [2.24, 2.45) is 0 Å². The number of thioether (sulfide) groups is 1. The van der Waals surface area contributed by atoms with Crippen LogP contribution in [0.2, 0.25) is 5.02 Å². The first-order chi connectivity index (χ1) is 11.6. The minimum Gasteiger partial charge on any atom is -0.353 e. The molecule has 1 aliphatic heterocycles. The van der Waals surface area contributed by atoms with Crippen LogP contribution in [0.25, 0.3) is 0 Å². The van der Waals surface area contributed by atoms with Crippen LogP contribution in [0.5, 0.6) is 0 Å². The number of benzene rings is 1. The Balaban J connectivity index is 0.00000312. The predicted molar refractivity (Wildman–Crippen MR) is 107 cm³/mol. The highest BCUT2D eigenvalue weighted by Crippen LogP contribution is 2.15. The van der Waals surface area contributed by atoms with E-state index in [0.29, 0.717) is 29.6 Å². The lowest BCUT2D eigenvalue weighted by molar-refractivity contribution is -0.123. The lowest BCUT2D eigenvalue weighted by Gasteiger charge is -2.20. The van der Waals surface area contributed by atoms with Crippen molar-refractivity contribution in [2.45, 2.75) is 31.3 Å². The molecule has 140 valence electrons. The lowest BCUT2D eigenvalue weighted by atomic mass is 10.1. The van der Waals surface area contributed by atoms with Crippen LogP contribution in [0.4, 0.5) is 0 Å². The monoisotopic (exact) mass is 405 g/mol. The van der Waals surface area contributed by atoms with E-state index >= 15 is 0 Å². The fourth-order valence-electron chi connectivity index (χ4n) is 2.66. The third kappa shape index (κ3) is 7.05. The summed E-state index contributed by atoms with van der Waals surface area (Å²) in [5.74, 6) is 0.335. The predicted octanol–water partition coefficient (Wildman–Crippen LogP) is 2.48. The second-order valence-electron chi connectivity index (χ2n) is 5.83. The van der Waals surface area contributed by atoms with Crippen molar-refractivity contribution in [3.63, 3.8) is 0 Å². The van der Waals surface area contributed by atoms with Crippen molar-refractivity contribution >= 4 is 47.6 Å². The molecular formula is C17H25Cl2N3O2S. The van der Waals surface area contributed by atoms with Gasteiger partial charge < -0.3 is 16.0 Å². The van der Waals surface area contributed by atoms with Gasteiger partial charge in [-0.3, -0.25) is 9.59 Å². The average Bonchev–Trinajstić information content (AvgIpc) is 3.10. The van der Waals surface area contributed by atoms with Crippen molar-refractivity contribution in [3.8, 4) is 0 Å². The maximum Gasteiger partial charge on any atom is 0.253 e. The van der Waals surface area contributed by atoms with Crippen molar-refractivity contribution in [1.82, 2.24) is 16.0 Å². The van der Waals surface area contributed by atoms with E-state index in [4.69, 9.17) is 11.6 Å². The normalized spacial score (nSPS) is 17.4. The summed E-state index contributed by atoms with van der Waals surface area (Å²) in [5, 5.41) is 9.49. The molecule has 0 aliphatic carbocycles. The maximum absolute atomic E-state index is 12.5. The largest absolute Gasteiger partial charge is 0.353 e. The summed E-state index contributed by atoms with van der Waals surface area (Å²) in [4.78, 5) is 24.9. The summed E-state index contributed by atoms with van der Waals surface area (Å²) in [6.45, 7) is 1.59. The van der Waals surface area contributed by atoms with Crippen molar-refractivity contribution < 1.29 is 9.59 Å². The van der Waals surface area contributed by atoms with Gasteiger partial charge in [0.05, 0.1) is 10.6 Å². The van der Waals surface area contributed by atoms with Gasteiger partial charge in [0.25, 0.3) is 5.91 Å². The van der Waals surface area contributed by atoms with Crippen molar-refractivity contribution in [1.29, 1.82) is 0 Å². The molecule has 8 heteroatoms. The van der Waals surface area contributed by atoms with E-state index in [9.17, 15) is 9.59 Å². The average molecular weight is 406 g/mol. The van der Waals surface area contributed by atoms with E-state index in [0.717, 1.165) is 25.1 Å². The third-order valence-corrected chi connectivity index (χ3v) is 5.01. The molecule has 0 radical (unpaired) electrons. The SMILES string of the molecule is CSCCC(NC(=O)c1ccccc1Cl)C(=O)NCC1CCCN1.Cl. The van der Waals surface area contributed by atoms with Gasteiger partial charge >= 0.3 is 0 Å². The third-order valence-electron chi connectivity index (χ3n) is 4.04. The molecular weight excluding hydrogens is 381 g/mol. The smallest absolute Gasteiger partial charge is 0.253 e. The van der Waals surface area contributed by atoms with Gasteiger partial charge in [-0.1, -0.05) is 23.7 Å². The first kappa shape index (κ1) is 22.1. The second kappa shape index (κ2) is 11.6. The first-order valence-electron chi connectivity index (χ1n) is 8.17. The first-order valence-corrected chi connectivity index (χ1v) is 9.94.